The van der Waals surface area contributed by atoms with Crippen molar-refractivity contribution in [3.8, 4) is 11.5 Å². The molecule has 0 spiro atoms. The van der Waals surface area contributed by atoms with Crippen LogP contribution in [0.3, 0.4) is 0 Å². The maximum absolute atomic E-state index is 12.6. The zero-order chi connectivity index (χ0) is 20.3. The Morgan fingerprint density at radius 2 is 2.00 bits per heavy atom. The Balaban J connectivity index is 1.17. The van der Waals surface area contributed by atoms with Crippen LogP contribution >= 0.6 is 0 Å². The van der Waals surface area contributed by atoms with Crippen LogP contribution in [0.2, 0.25) is 0 Å². The first-order chi connectivity index (χ1) is 14.8. The Morgan fingerprint density at radius 1 is 1.13 bits per heavy atom. The SMILES string of the molecule is O=C(C[NH+]1CCC[C@@H]1c1ccc2c(c1)OCCO2)NCCc1c[nH]c2ccccc12. The Labute approximate surface area is 176 Å². The molecule has 2 aliphatic rings. The van der Waals surface area contributed by atoms with E-state index >= 15 is 0 Å². The van der Waals surface area contributed by atoms with Crippen molar-refractivity contribution in [2.75, 3.05) is 32.8 Å². The predicted molar refractivity (Wildman–Crippen MR) is 115 cm³/mol. The highest BCUT2D eigenvalue weighted by Gasteiger charge is 2.32. The van der Waals surface area contributed by atoms with Crippen LogP contribution in [0.1, 0.15) is 30.0 Å². The molecule has 2 aliphatic heterocycles. The fourth-order valence-electron chi connectivity index (χ4n) is 4.75. The molecule has 156 valence electrons. The highest BCUT2D eigenvalue weighted by molar-refractivity contribution is 5.83. The van der Waals surface area contributed by atoms with Gasteiger partial charge in [-0.05, 0) is 36.2 Å². The molecule has 0 aliphatic carbocycles. The molecule has 1 saturated heterocycles. The molecular formula is C24H28N3O3+. The number of hydrogen-bond acceptors (Lipinski definition) is 3. The smallest absolute Gasteiger partial charge is 0.275 e. The van der Waals surface area contributed by atoms with Crippen LogP contribution in [0.4, 0.5) is 0 Å². The fraction of sp³-hybridized carbons (Fsp3) is 0.375. The molecule has 1 amide bonds. The van der Waals surface area contributed by atoms with E-state index in [-0.39, 0.29) is 5.91 Å². The lowest BCUT2D eigenvalue weighted by atomic mass is 10.0. The van der Waals surface area contributed by atoms with Crippen LogP contribution in [-0.4, -0.2) is 43.7 Å². The number of nitrogens with one attached hydrogen (secondary N) is 3. The van der Waals surface area contributed by atoms with E-state index in [0.717, 1.165) is 42.8 Å². The maximum Gasteiger partial charge on any atom is 0.275 e. The van der Waals surface area contributed by atoms with Gasteiger partial charge >= 0.3 is 0 Å². The summed E-state index contributed by atoms with van der Waals surface area (Å²) in [7, 11) is 0. The molecule has 2 aromatic carbocycles. The third-order valence-corrected chi connectivity index (χ3v) is 6.23. The van der Waals surface area contributed by atoms with E-state index in [0.29, 0.717) is 32.3 Å². The monoisotopic (exact) mass is 406 g/mol. The first-order valence-corrected chi connectivity index (χ1v) is 10.8. The summed E-state index contributed by atoms with van der Waals surface area (Å²) in [4.78, 5) is 17.2. The van der Waals surface area contributed by atoms with E-state index in [1.165, 1.54) is 21.4 Å². The van der Waals surface area contributed by atoms with Crippen LogP contribution in [0.15, 0.2) is 48.7 Å². The number of amides is 1. The summed E-state index contributed by atoms with van der Waals surface area (Å²) in [6.07, 6.45) is 5.10. The number of rotatable bonds is 6. The molecule has 30 heavy (non-hydrogen) atoms. The van der Waals surface area contributed by atoms with Gasteiger partial charge < -0.3 is 24.7 Å². The number of H-pyrrole nitrogens is 1. The molecule has 0 radical (unpaired) electrons. The third kappa shape index (κ3) is 3.87. The quantitative estimate of drug-likeness (QED) is 0.587. The molecular weight excluding hydrogens is 378 g/mol. The van der Waals surface area contributed by atoms with Crippen molar-refractivity contribution in [1.29, 1.82) is 0 Å². The van der Waals surface area contributed by atoms with Gasteiger partial charge in [-0.3, -0.25) is 4.79 Å². The number of benzene rings is 2. The fourth-order valence-corrected chi connectivity index (χ4v) is 4.75. The minimum absolute atomic E-state index is 0.120. The van der Waals surface area contributed by atoms with E-state index in [1.54, 1.807) is 0 Å². The van der Waals surface area contributed by atoms with E-state index in [1.807, 2.05) is 24.4 Å². The van der Waals surface area contributed by atoms with E-state index in [2.05, 4.69) is 34.6 Å². The molecule has 1 unspecified atom stereocenters. The Bertz CT molecular complexity index is 1050. The van der Waals surface area contributed by atoms with E-state index in [4.69, 9.17) is 9.47 Å². The van der Waals surface area contributed by atoms with Crippen molar-refractivity contribution < 1.29 is 19.2 Å². The minimum atomic E-state index is 0.120. The summed E-state index contributed by atoms with van der Waals surface area (Å²) in [5.74, 6) is 1.77. The summed E-state index contributed by atoms with van der Waals surface area (Å²) in [5.41, 5.74) is 3.62. The van der Waals surface area contributed by atoms with Gasteiger partial charge in [0.2, 0.25) is 0 Å². The van der Waals surface area contributed by atoms with Crippen LogP contribution in [-0.2, 0) is 11.2 Å². The molecule has 1 aromatic heterocycles. The number of hydrogen-bond donors (Lipinski definition) is 3. The number of fused-ring (bicyclic) bond motifs is 2. The zero-order valence-electron chi connectivity index (χ0n) is 17.1. The van der Waals surface area contributed by atoms with E-state index < -0.39 is 0 Å². The molecule has 3 aromatic rings. The molecule has 0 saturated carbocycles. The van der Waals surface area contributed by atoms with Gasteiger partial charge in [0.15, 0.2) is 18.0 Å². The number of ether oxygens (including phenoxy) is 2. The lowest BCUT2D eigenvalue weighted by molar-refractivity contribution is -0.910. The molecule has 6 nitrogen and oxygen atoms in total. The highest BCUT2D eigenvalue weighted by atomic mass is 16.6. The minimum Gasteiger partial charge on any atom is -0.486 e. The van der Waals surface area contributed by atoms with Gasteiger partial charge in [0, 0.05) is 42.0 Å². The van der Waals surface area contributed by atoms with Crippen molar-refractivity contribution in [2.24, 2.45) is 0 Å². The van der Waals surface area contributed by atoms with Gasteiger partial charge in [-0.1, -0.05) is 18.2 Å². The molecule has 1 fully saturated rings. The molecule has 6 heteroatoms. The van der Waals surface area contributed by atoms with Crippen molar-refractivity contribution in [3.63, 3.8) is 0 Å². The summed E-state index contributed by atoms with van der Waals surface area (Å²) in [5, 5.41) is 4.35. The second kappa shape index (κ2) is 8.40. The number of carbonyl (C=O) groups is 1. The summed E-state index contributed by atoms with van der Waals surface area (Å²) in [6, 6.07) is 14.8. The lowest BCUT2D eigenvalue weighted by Crippen LogP contribution is -3.11. The number of para-hydroxylation sites is 1. The second-order valence-corrected chi connectivity index (χ2v) is 8.14. The van der Waals surface area contributed by atoms with Crippen molar-refractivity contribution >= 4 is 16.8 Å². The molecule has 2 atom stereocenters. The van der Waals surface area contributed by atoms with Gasteiger partial charge in [0.1, 0.15) is 19.3 Å². The Morgan fingerprint density at radius 3 is 2.93 bits per heavy atom. The summed E-state index contributed by atoms with van der Waals surface area (Å²) < 4.78 is 11.4. The first kappa shape index (κ1) is 19.0. The second-order valence-electron chi connectivity index (χ2n) is 8.14. The molecule has 0 bridgehead atoms. The number of aromatic amines is 1. The third-order valence-electron chi connectivity index (χ3n) is 6.23. The van der Waals surface area contributed by atoms with Gasteiger partial charge in [0.25, 0.3) is 5.91 Å². The largest absolute Gasteiger partial charge is 0.486 e. The normalized spacial score (nSPS) is 20.4. The van der Waals surface area contributed by atoms with Crippen LogP contribution < -0.4 is 19.7 Å². The summed E-state index contributed by atoms with van der Waals surface area (Å²) >= 11 is 0. The average Bonchev–Trinajstić information content (AvgIpc) is 3.41. The zero-order valence-corrected chi connectivity index (χ0v) is 17.1. The molecule has 3 N–H and O–H groups in total. The van der Waals surface area contributed by atoms with Crippen LogP contribution in [0, 0.1) is 0 Å². The van der Waals surface area contributed by atoms with Crippen molar-refractivity contribution in [1.82, 2.24) is 10.3 Å². The highest BCUT2D eigenvalue weighted by Crippen LogP contribution is 2.33. The van der Waals surface area contributed by atoms with Crippen LogP contribution in [0.5, 0.6) is 11.5 Å². The first-order valence-electron chi connectivity index (χ1n) is 10.8. The van der Waals surface area contributed by atoms with Gasteiger partial charge in [-0.15, -0.1) is 0 Å². The summed E-state index contributed by atoms with van der Waals surface area (Å²) in [6.45, 7) is 3.38. The number of carbonyl (C=O) groups excluding carboxylic acids is 1. The van der Waals surface area contributed by atoms with Gasteiger partial charge in [0.05, 0.1) is 6.54 Å². The van der Waals surface area contributed by atoms with Gasteiger partial charge in [-0.2, -0.15) is 0 Å². The van der Waals surface area contributed by atoms with E-state index in [9.17, 15) is 4.79 Å². The lowest BCUT2D eigenvalue weighted by Gasteiger charge is -2.24. The maximum atomic E-state index is 12.6. The van der Waals surface area contributed by atoms with Crippen molar-refractivity contribution in [2.45, 2.75) is 25.3 Å². The number of quaternary nitrogens is 1. The topological polar surface area (TPSA) is 67.8 Å². The molecule has 5 rings (SSSR count). The van der Waals surface area contributed by atoms with Crippen LogP contribution in [0.25, 0.3) is 10.9 Å². The van der Waals surface area contributed by atoms with Gasteiger partial charge in [-0.25, -0.2) is 0 Å². The number of aromatic nitrogens is 1. The van der Waals surface area contributed by atoms with Crippen molar-refractivity contribution in [3.05, 3.63) is 59.8 Å². The Hall–Kier alpha value is -2.99. The standard InChI is InChI=1S/C24H27N3O3/c28-24(25-10-9-18-15-26-20-5-2-1-4-19(18)20)16-27-11-3-6-21(27)17-7-8-22-23(14-17)30-13-12-29-22/h1-2,4-5,7-8,14-15,21,26H,3,6,9-13,16H2,(H,25,28)/p+1/t21-/m1/s1. The number of likely N-dealkylation sites (tertiary alicyclic amines) is 1. The molecule has 3 heterocycles. The predicted octanol–water partition coefficient (Wildman–Crippen LogP) is 2.02. The Kier molecular flexibility index (Phi) is 5.32. The average molecular weight is 407 g/mol.